The van der Waals surface area contributed by atoms with Crippen LogP contribution in [0.15, 0.2) is 35.2 Å². The highest BCUT2D eigenvalue weighted by atomic mass is 79.9. The number of benzene rings is 1. The molecule has 0 atom stereocenters. The number of rotatable bonds is 3. The first-order valence-corrected chi connectivity index (χ1v) is 5.86. The van der Waals surface area contributed by atoms with Gasteiger partial charge in [-0.15, -0.1) is 0 Å². The van der Waals surface area contributed by atoms with Crippen molar-refractivity contribution < 1.29 is 4.39 Å². The summed E-state index contributed by atoms with van der Waals surface area (Å²) in [4.78, 5) is 4.16. The van der Waals surface area contributed by atoms with Crippen molar-refractivity contribution in [2.24, 2.45) is 7.05 Å². The lowest BCUT2D eigenvalue weighted by atomic mass is 10.1. The lowest BCUT2D eigenvalue weighted by molar-refractivity contribution is 0.627. The van der Waals surface area contributed by atoms with Gasteiger partial charge in [-0.05, 0) is 46.5 Å². The Bertz CT molecular complexity index is 457. The summed E-state index contributed by atoms with van der Waals surface area (Å²) in [5.41, 5.74) is 2.29. The highest BCUT2D eigenvalue weighted by molar-refractivity contribution is 9.10. The molecular formula is C12H12BrFN2. The third-order valence-corrected chi connectivity index (χ3v) is 3.23. The zero-order valence-corrected chi connectivity index (χ0v) is 10.5. The van der Waals surface area contributed by atoms with Gasteiger partial charge in [-0.2, -0.15) is 0 Å². The second-order valence-corrected chi connectivity index (χ2v) is 4.47. The molecule has 0 radical (unpaired) electrons. The van der Waals surface area contributed by atoms with Crippen LogP contribution in [0.1, 0.15) is 11.3 Å². The van der Waals surface area contributed by atoms with Crippen LogP contribution >= 0.6 is 15.9 Å². The van der Waals surface area contributed by atoms with Crippen LogP contribution in [0.25, 0.3) is 0 Å². The zero-order chi connectivity index (χ0) is 11.5. The first-order chi connectivity index (χ1) is 7.66. The van der Waals surface area contributed by atoms with Crippen LogP contribution in [-0.2, 0) is 19.9 Å². The van der Waals surface area contributed by atoms with Gasteiger partial charge in [0.05, 0.1) is 12.0 Å². The summed E-state index contributed by atoms with van der Waals surface area (Å²) in [6, 6.07) is 6.63. The van der Waals surface area contributed by atoms with E-state index in [1.807, 2.05) is 23.7 Å². The highest BCUT2D eigenvalue weighted by Gasteiger charge is 2.05. The molecule has 0 bridgehead atoms. The molecule has 0 spiro atoms. The van der Waals surface area contributed by atoms with E-state index in [2.05, 4.69) is 20.9 Å². The fourth-order valence-electron chi connectivity index (χ4n) is 1.62. The van der Waals surface area contributed by atoms with E-state index in [-0.39, 0.29) is 5.82 Å². The minimum Gasteiger partial charge on any atom is -0.337 e. The molecule has 0 aliphatic carbocycles. The molecule has 0 fully saturated rings. The number of halogens is 2. The molecule has 84 valence electrons. The first-order valence-electron chi connectivity index (χ1n) is 5.07. The number of imidazole rings is 1. The molecular weight excluding hydrogens is 271 g/mol. The van der Waals surface area contributed by atoms with Gasteiger partial charge in [0, 0.05) is 7.05 Å². The molecule has 0 amide bonds. The Morgan fingerprint density at radius 1 is 1.25 bits per heavy atom. The van der Waals surface area contributed by atoms with E-state index in [4.69, 9.17) is 0 Å². The molecule has 4 heteroatoms. The minimum absolute atomic E-state index is 0.189. The van der Waals surface area contributed by atoms with E-state index in [9.17, 15) is 4.39 Å². The smallest absolute Gasteiger partial charge is 0.127 e. The molecule has 2 aromatic rings. The molecule has 1 aromatic heterocycles. The van der Waals surface area contributed by atoms with Crippen LogP contribution in [-0.4, -0.2) is 9.55 Å². The van der Waals surface area contributed by atoms with E-state index >= 15 is 0 Å². The van der Waals surface area contributed by atoms with E-state index in [0.29, 0.717) is 0 Å². The van der Waals surface area contributed by atoms with Crippen LogP contribution in [0.4, 0.5) is 4.39 Å². The number of hydrogen-bond donors (Lipinski definition) is 0. The molecule has 1 aromatic carbocycles. The Balaban J connectivity index is 2.05. The predicted molar refractivity (Wildman–Crippen MR) is 64.7 cm³/mol. The molecule has 2 nitrogen and oxygen atoms in total. The van der Waals surface area contributed by atoms with Gasteiger partial charge in [0.2, 0.25) is 0 Å². The molecule has 0 saturated carbocycles. The Morgan fingerprint density at radius 3 is 2.50 bits per heavy atom. The Kier molecular flexibility index (Phi) is 3.39. The third-order valence-electron chi connectivity index (χ3n) is 2.57. The number of hydrogen-bond acceptors (Lipinski definition) is 1. The summed E-state index contributed by atoms with van der Waals surface area (Å²) in [6.45, 7) is 0. The molecule has 2 rings (SSSR count). The summed E-state index contributed by atoms with van der Waals surface area (Å²) in [5.74, 6) is -0.189. The van der Waals surface area contributed by atoms with E-state index in [1.165, 1.54) is 12.1 Å². The Labute approximate surface area is 102 Å². The SMILES string of the molecule is Cn1cnc(Br)c1CCc1ccc(F)cc1. The highest BCUT2D eigenvalue weighted by Crippen LogP contribution is 2.16. The Morgan fingerprint density at radius 2 is 1.94 bits per heavy atom. The largest absolute Gasteiger partial charge is 0.337 e. The number of aromatic nitrogens is 2. The van der Waals surface area contributed by atoms with Crippen molar-refractivity contribution in [3.63, 3.8) is 0 Å². The summed E-state index contributed by atoms with van der Waals surface area (Å²) >= 11 is 3.41. The lowest BCUT2D eigenvalue weighted by Gasteiger charge is -2.03. The maximum atomic E-state index is 12.7. The predicted octanol–water partition coefficient (Wildman–Crippen LogP) is 3.11. The van der Waals surface area contributed by atoms with Crippen LogP contribution in [0.3, 0.4) is 0 Å². The van der Waals surface area contributed by atoms with Crippen molar-refractivity contribution in [3.8, 4) is 0 Å². The van der Waals surface area contributed by atoms with Gasteiger partial charge < -0.3 is 4.57 Å². The normalized spacial score (nSPS) is 10.7. The van der Waals surface area contributed by atoms with Crippen molar-refractivity contribution in [1.82, 2.24) is 9.55 Å². The van der Waals surface area contributed by atoms with Gasteiger partial charge in [-0.25, -0.2) is 9.37 Å². The number of nitrogens with zero attached hydrogens (tertiary/aromatic N) is 2. The molecule has 0 unspecified atom stereocenters. The number of aryl methyl sites for hydroxylation is 2. The van der Waals surface area contributed by atoms with Gasteiger partial charge in [0.15, 0.2) is 0 Å². The monoisotopic (exact) mass is 282 g/mol. The summed E-state index contributed by atoms with van der Waals surface area (Å²) in [7, 11) is 1.97. The zero-order valence-electron chi connectivity index (χ0n) is 8.95. The maximum Gasteiger partial charge on any atom is 0.127 e. The second kappa shape index (κ2) is 4.78. The summed E-state index contributed by atoms with van der Waals surface area (Å²) < 4.78 is 15.6. The minimum atomic E-state index is -0.189. The van der Waals surface area contributed by atoms with Gasteiger partial charge in [-0.1, -0.05) is 12.1 Å². The van der Waals surface area contributed by atoms with E-state index in [0.717, 1.165) is 28.7 Å². The summed E-state index contributed by atoms with van der Waals surface area (Å²) in [5, 5.41) is 0. The van der Waals surface area contributed by atoms with Crippen molar-refractivity contribution in [3.05, 3.63) is 52.3 Å². The average Bonchev–Trinajstić information content (AvgIpc) is 2.59. The molecule has 0 N–H and O–H groups in total. The van der Waals surface area contributed by atoms with Crippen LogP contribution in [0.5, 0.6) is 0 Å². The fraction of sp³-hybridized carbons (Fsp3) is 0.250. The third kappa shape index (κ3) is 2.50. The fourth-order valence-corrected chi connectivity index (χ4v) is 2.19. The van der Waals surface area contributed by atoms with Crippen molar-refractivity contribution >= 4 is 15.9 Å². The van der Waals surface area contributed by atoms with Gasteiger partial charge in [0.25, 0.3) is 0 Å². The van der Waals surface area contributed by atoms with E-state index in [1.54, 1.807) is 6.33 Å². The van der Waals surface area contributed by atoms with Crippen LogP contribution < -0.4 is 0 Å². The first kappa shape index (κ1) is 11.3. The van der Waals surface area contributed by atoms with Crippen molar-refractivity contribution in [2.45, 2.75) is 12.8 Å². The quantitative estimate of drug-likeness (QED) is 0.846. The molecule has 16 heavy (non-hydrogen) atoms. The topological polar surface area (TPSA) is 17.8 Å². The van der Waals surface area contributed by atoms with Gasteiger partial charge >= 0.3 is 0 Å². The van der Waals surface area contributed by atoms with Gasteiger partial charge in [-0.3, -0.25) is 0 Å². The lowest BCUT2D eigenvalue weighted by Crippen LogP contribution is -1.98. The van der Waals surface area contributed by atoms with E-state index < -0.39 is 0 Å². The molecule has 0 aliphatic rings. The van der Waals surface area contributed by atoms with Crippen LogP contribution in [0.2, 0.25) is 0 Å². The summed E-state index contributed by atoms with van der Waals surface area (Å²) in [6.07, 6.45) is 3.56. The maximum absolute atomic E-state index is 12.7. The average molecular weight is 283 g/mol. The molecule has 0 aliphatic heterocycles. The molecule has 0 saturated heterocycles. The Hall–Kier alpha value is -1.16. The standard InChI is InChI=1S/C12H12BrFN2/c1-16-8-15-12(13)11(16)7-4-9-2-5-10(14)6-3-9/h2-3,5-6,8H,4,7H2,1H3. The van der Waals surface area contributed by atoms with Crippen molar-refractivity contribution in [1.29, 1.82) is 0 Å². The second-order valence-electron chi connectivity index (χ2n) is 3.72. The van der Waals surface area contributed by atoms with Crippen LogP contribution in [0, 0.1) is 5.82 Å². The van der Waals surface area contributed by atoms with Crippen molar-refractivity contribution in [2.75, 3.05) is 0 Å². The van der Waals surface area contributed by atoms with Gasteiger partial charge in [0.1, 0.15) is 10.4 Å². The molecule has 1 heterocycles.